The Morgan fingerprint density at radius 2 is 1.59 bits per heavy atom. The highest BCUT2D eigenvalue weighted by molar-refractivity contribution is 5.91. The van der Waals surface area contributed by atoms with Gasteiger partial charge in [-0.2, -0.15) is 0 Å². The standard InChI is InChI=1S/C19H17NO2/c1-14-9-11-16(12-10-14)18(15-6-3-2-4-7-15)20-19(21)17-8-5-13-22-17/h2-13,18H,1H3,(H,20,21). The number of nitrogens with one attached hydrogen (secondary N) is 1. The minimum absolute atomic E-state index is 0.209. The second kappa shape index (κ2) is 6.31. The highest BCUT2D eigenvalue weighted by Crippen LogP contribution is 2.23. The van der Waals surface area contributed by atoms with Gasteiger partial charge in [0.25, 0.3) is 5.91 Å². The lowest BCUT2D eigenvalue weighted by Gasteiger charge is -2.19. The third kappa shape index (κ3) is 3.09. The first-order chi connectivity index (χ1) is 10.7. The summed E-state index contributed by atoms with van der Waals surface area (Å²) in [5, 5.41) is 3.04. The lowest BCUT2D eigenvalue weighted by atomic mass is 9.97. The Hall–Kier alpha value is -2.81. The van der Waals surface area contributed by atoms with E-state index in [2.05, 4.69) is 5.32 Å². The van der Waals surface area contributed by atoms with Crippen molar-refractivity contribution in [3.63, 3.8) is 0 Å². The molecule has 1 unspecified atom stereocenters. The first kappa shape index (κ1) is 14.1. The summed E-state index contributed by atoms with van der Waals surface area (Å²) in [6.07, 6.45) is 1.50. The van der Waals surface area contributed by atoms with E-state index in [0.29, 0.717) is 5.76 Å². The van der Waals surface area contributed by atoms with Gasteiger partial charge in [0, 0.05) is 0 Å². The van der Waals surface area contributed by atoms with Crippen molar-refractivity contribution in [1.29, 1.82) is 0 Å². The van der Waals surface area contributed by atoms with Gasteiger partial charge in [-0.1, -0.05) is 60.2 Å². The van der Waals surface area contributed by atoms with Gasteiger partial charge < -0.3 is 9.73 Å². The van der Waals surface area contributed by atoms with E-state index in [1.807, 2.05) is 61.5 Å². The Kier molecular flexibility index (Phi) is 4.05. The lowest BCUT2D eigenvalue weighted by molar-refractivity contribution is 0.0915. The maximum atomic E-state index is 12.3. The Bertz CT molecular complexity index is 731. The summed E-state index contributed by atoms with van der Waals surface area (Å²) in [6, 6.07) is 21.2. The number of benzene rings is 2. The second-order valence-corrected chi connectivity index (χ2v) is 5.21. The first-order valence-corrected chi connectivity index (χ1v) is 7.20. The van der Waals surface area contributed by atoms with Crippen molar-refractivity contribution in [2.45, 2.75) is 13.0 Å². The molecule has 1 N–H and O–H groups in total. The SMILES string of the molecule is Cc1ccc(C(NC(=O)c2ccco2)c2ccccc2)cc1. The number of furan rings is 1. The fourth-order valence-corrected chi connectivity index (χ4v) is 2.37. The highest BCUT2D eigenvalue weighted by atomic mass is 16.3. The van der Waals surface area contributed by atoms with Crippen LogP contribution in [0.5, 0.6) is 0 Å². The average molecular weight is 291 g/mol. The summed E-state index contributed by atoms with van der Waals surface area (Å²) in [6.45, 7) is 2.04. The highest BCUT2D eigenvalue weighted by Gasteiger charge is 2.18. The van der Waals surface area contributed by atoms with Crippen molar-refractivity contribution in [3.05, 3.63) is 95.4 Å². The van der Waals surface area contributed by atoms with Crippen LogP contribution in [-0.2, 0) is 0 Å². The Balaban J connectivity index is 1.93. The van der Waals surface area contributed by atoms with Crippen LogP contribution in [0.1, 0.15) is 33.3 Å². The van der Waals surface area contributed by atoms with Gasteiger partial charge in [-0.3, -0.25) is 4.79 Å². The molecule has 0 fully saturated rings. The van der Waals surface area contributed by atoms with E-state index in [-0.39, 0.29) is 11.9 Å². The molecule has 3 aromatic rings. The molecule has 0 spiro atoms. The maximum absolute atomic E-state index is 12.3. The normalized spacial score (nSPS) is 11.9. The molecule has 2 aromatic carbocycles. The molecule has 3 nitrogen and oxygen atoms in total. The summed E-state index contributed by atoms with van der Waals surface area (Å²) in [5.41, 5.74) is 3.26. The van der Waals surface area contributed by atoms with Gasteiger partial charge in [-0.15, -0.1) is 0 Å². The molecule has 0 aliphatic rings. The molecule has 1 heterocycles. The molecule has 1 atom stereocenters. The Morgan fingerprint density at radius 3 is 2.23 bits per heavy atom. The number of rotatable bonds is 4. The van der Waals surface area contributed by atoms with Gasteiger partial charge in [-0.25, -0.2) is 0 Å². The molecule has 0 radical (unpaired) electrons. The minimum atomic E-state index is -0.223. The van der Waals surface area contributed by atoms with Crippen molar-refractivity contribution in [1.82, 2.24) is 5.32 Å². The topological polar surface area (TPSA) is 42.2 Å². The monoisotopic (exact) mass is 291 g/mol. The average Bonchev–Trinajstić information content (AvgIpc) is 3.09. The van der Waals surface area contributed by atoms with Crippen molar-refractivity contribution < 1.29 is 9.21 Å². The quantitative estimate of drug-likeness (QED) is 0.786. The van der Waals surface area contributed by atoms with E-state index < -0.39 is 0 Å². The van der Waals surface area contributed by atoms with E-state index in [0.717, 1.165) is 11.1 Å². The minimum Gasteiger partial charge on any atom is -0.459 e. The fourth-order valence-electron chi connectivity index (χ4n) is 2.37. The van der Waals surface area contributed by atoms with Crippen LogP contribution in [0.25, 0.3) is 0 Å². The van der Waals surface area contributed by atoms with E-state index in [1.54, 1.807) is 12.1 Å². The Morgan fingerprint density at radius 1 is 0.909 bits per heavy atom. The third-order valence-electron chi connectivity index (χ3n) is 3.56. The van der Waals surface area contributed by atoms with E-state index >= 15 is 0 Å². The molecule has 0 saturated heterocycles. The van der Waals surface area contributed by atoms with Gasteiger partial charge >= 0.3 is 0 Å². The maximum Gasteiger partial charge on any atom is 0.287 e. The van der Waals surface area contributed by atoms with Gasteiger partial charge in [0.1, 0.15) is 0 Å². The van der Waals surface area contributed by atoms with Crippen LogP contribution in [-0.4, -0.2) is 5.91 Å². The lowest BCUT2D eigenvalue weighted by Crippen LogP contribution is -2.29. The van der Waals surface area contributed by atoms with Crippen LogP contribution in [0.15, 0.2) is 77.4 Å². The molecular weight excluding hydrogens is 274 g/mol. The molecule has 22 heavy (non-hydrogen) atoms. The number of aryl methyl sites for hydroxylation is 1. The molecule has 3 heteroatoms. The predicted molar refractivity (Wildman–Crippen MR) is 85.6 cm³/mol. The van der Waals surface area contributed by atoms with Crippen LogP contribution >= 0.6 is 0 Å². The number of amides is 1. The molecule has 0 bridgehead atoms. The molecule has 3 rings (SSSR count). The second-order valence-electron chi connectivity index (χ2n) is 5.21. The molecule has 0 saturated carbocycles. The fraction of sp³-hybridized carbons (Fsp3) is 0.105. The van der Waals surface area contributed by atoms with E-state index in [1.165, 1.54) is 11.8 Å². The zero-order valence-corrected chi connectivity index (χ0v) is 12.3. The summed E-state index contributed by atoms with van der Waals surface area (Å²) >= 11 is 0. The van der Waals surface area contributed by atoms with Crippen molar-refractivity contribution >= 4 is 5.91 Å². The van der Waals surface area contributed by atoms with Crippen LogP contribution in [0.3, 0.4) is 0 Å². The van der Waals surface area contributed by atoms with Crippen LogP contribution in [0, 0.1) is 6.92 Å². The van der Waals surface area contributed by atoms with E-state index in [9.17, 15) is 4.79 Å². The number of carbonyl (C=O) groups is 1. The van der Waals surface area contributed by atoms with Crippen LogP contribution in [0.2, 0.25) is 0 Å². The largest absolute Gasteiger partial charge is 0.459 e. The van der Waals surface area contributed by atoms with Crippen molar-refractivity contribution in [2.75, 3.05) is 0 Å². The van der Waals surface area contributed by atoms with Gasteiger partial charge in [0.15, 0.2) is 5.76 Å². The van der Waals surface area contributed by atoms with Crippen molar-refractivity contribution in [3.8, 4) is 0 Å². The summed E-state index contributed by atoms with van der Waals surface area (Å²) in [5.74, 6) is 0.0903. The number of hydrogen-bond donors (Lipinski definition) is 1. The van der Waals surface area contributed by atoms with Gasteiger partial charge in [0.2, 0.25) is 0 Å². The third-order valence-corrected chi connectivity index (χ3v) is 3.56. The Labute approximate surface area is 129 Å². The zero-order chi connectivity index (χ0) is 15.4. The smallest absolute Gasteiger partial charge is 0.287 e. The molecule has 1 aromatic heterocycles. The van der Waals surface area contributed by atoms with Gasteiger partial charge in [-0.05, 0) is 30.2 Å². The predicted octanol–water partition coefficient (Wildman–Crippen LogP) is 4.11. The molecular formula is C19H17NO2. The summed E-state index contributed by atoms with van der Waals surface area (Å²) in [7, 11) is 0. The molecule has 110 valence electrons. The summed E-state index contributed by atoms with van der Waals surface area (Å²) in [4.78, 5) is 12.3. The van der Waals surface area contributed by atoms with E-state index in [4.69, 9.17) is 4.42 Å². The first-order valence-electron chi connectivity index (χ1n) is 7.20. The van der Waals surface area contributed by atoms with Crippen molar-refractivity contribution in [2.24, 2.45) is 0 Å². The number of hydrogen-bond acceptors (Lipinski definition) is 2. The molecule has 0 aliphatic heterocycles. The molecule has 1 amide bonds. The summed E-state index contributed by atoms with van der Waals surface area (Å²) < 4.78 is 5.17. The van der Waals surface area contributed by atoms with Crippen LogP contribution in [0.4, 0.5) is 0 Å². The van der Waals surface area contributed by atoms with Crippen LogP contribution < -0.4 is 5.32 Å². The zero-order valence-electron chi connectivity index (χ0n) is 12.3. The van der Waals surface area contributed by atoms with Gasteiger partial charge in [0.05, 0.1) is 12.3 Å². The molecule has 0 aliphatic carbocycles. The number of carbonyl (C=O) groups excluding carboxylic acids is 1.